The fraction of sp³-hybridized carbons (Fsp3) is 0.400. The first-order valence-corrected chi connectivity index (χ1v) is 16.3. The minimum Gasteiger partial charge on any atom is -0.388 e. The molecule has 0 saturated heterocycles. The van der Waals surface area contributed by atoms with Crippen molar-refractivity contribution in [1.29, 1.82) is 0 Å². The molecule has 12 heteroatoms. The van der Waals surface area contributed by atoms with E-state index >= 15 is 0 Å². The van der Waals surface area contributed by atoms with Gasteiger partial charge < -0.3 is 35.3 Å². The Labute approximate surface area is 274 Å². The van der Waals surface area contributed by atoms with E-state index in [1.807, 2.05) is 48.9 Å². The minimum atomic E-state index is -1.12. The second-order valence-electron chi connectivity index (χ2n) is 12.4. The summed E-state index contributed by atoms with van der Waals surface area (Å²) in [5.41, 5.74) is 4.37. The van der Waals surface area contributed by atoms with Crippen LogP contribution in [0.5, 0.6) is 0 Å². The molecule has 1 fully saturated rings. The van der Waals surface area contributed by atoms with Crippen molar-refractivity contribution in [1.82, 2.24) is 34.4 Å². The van der Waals surface area contributed by atoms with E-state index in [2.05, 4.69) is 63.6 Å². The molecule has 0 bridgehead atoms. The number of nitrogens with one attached hydrogen (secondary N) is 3. The van der Waals surface area contributed by atoms with Crippen molar-refractivity contribution < 1.29 is 15.0 Å². The Morgan fingerprint density at radius 2 is 1.64 bits per heavy atom. The van der Waals surface area contributed by atoms with Gasteiger partial charge in [0.2, 0.25) is 11.9 Å². The number of hydrogen-bond acceptors (Lipinski definition) is 9. The van der Waals surface area contributed by atoms with Crippen LogP contribution in [0.2, 0.25) is 0 Å². The van der Waals surface area contributed by atoms with Gasteiger partial charge in [0.05, 0.1) is 30.4 Å². The Morgan fingerprint density at radius 3 is 2.28 bits per heavy atom. The molecule has 5 N–H and O–H groups in total. The summed E-state index contributed by atoms with van der Waals surface area (Å²) in [5.74, 6) is 0.833. The molecule has 47 heavy (non-hydrogen) atoms. The normalized spacial score (nSPS) is 19.5. The predicted octanol–water partition coefficient (Wildman–Crippen LogP) is 4.06. The van der Waals surface area contributed by atoms with E-state index in [1.165, 1.54) is 11.1 Å². The first-order chi connectivity index (χ1) is 22.8. The Balaban J connectivity index is 1.31. The maximum Gasteiger partial charge on any atom is 0.226 e. The molecule has 3 aromatic heterocycles. The summed E-state index contributed by atoms with van der Waals surface area (Å²) >= 11 is 0. The lowest BCUT2D eigenvalue weighted by Crippen LogP contribution is -2.42. The first-order valence-electron chi connectivity index (χ1n) is 16.3. The molecule has 1 aliphatic rings. The number of benzene rings is 2. The summed E-state index contributed by atoms with van der Waals surface area (Å²) in [6, 6.07) is 19.9. The zero-order chi connectivity index (χ0) is 32.9. The molecular formula is C35H43N9O3. The van der Waals surface area contributed by atoms with Gasteiger partial charge in [-0.3, -0.25) is 4.79 Å². The predicted molar refractivity (Wildman–Crippen MR) is 181 cm³/mol. The number of aliphatic hydroxyl groups is 2. The largest absolute Gasteiger partial charge is 0.388 e. The molecule has 0 radical (unpaired) electrons. The highest BCUT2D eigenvalue weighted by Gasteiger charge is 2.43. The second kappa shape index (κ2) is 14.3. The van der Waals surface area contributed by atoms with Crippen LogP contribution in [0.4, 0.5) is 11.8 Å². The fourth-order valence-electron chi connectivity index (χ4n) is 6.19. The smallest absolute Gasteiger partial charge is 0.226 e. The van der Waals surface area contributed by atoms with E-state index in [9.17, 15) is 15.0 Å². The third kappa shape index (κ3) is 7.13. The maximum absolute atomic E-state index is 12.1. The molecule has 5 aromatic rings. The van der Waals surface area contributed by atoms with Gasteiger partial charge in [-0.2, -0.15) is 9.97 Å². The highest BCUT2D eigenvalue weighted by atomic mass is 16.3. The minimum absolute atomic E-state index is 0.0479. The van der Waals surface area contributed by atoms with Gasteiger partial charge in [0.1, 0.15) is 12.2 Å². The summed E-state index contributed by atoms with van der Waals surface area (Å²) in [4.78, 5) is 31.0. The van der Waals surface area contributed by atoms with Crippen LogP contribution in [0, 0.1) is 0 Å². The molecule has 1 aliphatic carbocycles. The second-order valence-corrected chi connectivity index (χ2v) is 12.4. The maximum atomic E-state index is 12.1. The Hall–Kier alpha value is -4.81. The van der Waals surface area contributed by atoms with Crippen LogP contribution in [0.25, 0.3) is 11.2 Å². The Kier molecular flexibility index (Phi) is 9.79. The zero-order valence-electron chi connectivity index (χ0n) is 27.0. The average Bonchev–Trinajstić information content (AvgIpc) is 3.81. The van der Waals surface area contributed by atoms with Gasteiger partial charge in [0.15, 0.2) is 17.0 Å². The third-order valence-corrected chi connectivity index (χ3v) is 8.89. The van der Waals surface area contributed by atoms with Crippen molar-refractivity contribution >= 4 is 28.8 Å². The van der Waals surface area contributed by atoms with Gasteiger partial charge >= 0.3 is 0 Å². The van der Waals surface area contributed by atoms with E-state index in [0.29, 0.717) is 61.3 Å². The standard InChI is InChI=1S/C35H43N9O3/c1-4-29(45)40-27-17-28(32(47)31(27)46)44-21-39-30-33(37-18-26(23-11-7-5-8-12-23)24-13-9-6-10-14-24)41-35(42-34(30)44)36-16-15-25-19-43(20-38-25)22(2)3/h5-14,19-22,26-28,31-32,46-47H,4,15-18H2,1-3H3,(H,40,45)(H2,36,37,41,42)/t27?,28-,31+,32+/m1/s1. The summed E-state index contributed by atoms with van der Waals surface area (Å²) in [6.45, 7) is 7.09. The molecule has 12 nitrogen and oxygen atoms in total. The van der Waals surface area contributed by atoms with Gasteiger partial charge in [-0.05, 0) is 31.4 Å². The van der Waals surface area contributed by atoms with E-state index < -0.39 is 24.3 Å². The summed E-state index contributed by atoms with van der Waals surface area (Å²) in [7, 11) is 0. The fourth-order valence-corrected chi connectivity index (χ4v) is 6.19. The molecule has 1 amide bonds. The van der Waals surface area contributed by atoms with Crippen LogP contribution in [-0.2, 0) is 11.2 Å². The van der Waals surface area contributed by atoms with E-state index in [-0.39, 0.29) is 11.8 Å². The van der Waals surface area contributed by atoms with Gasteiger partial charge in [0, 0.05) is 44.1 Å². The number of nitrogens with zero attached hydrogens (tertiary/aromatic N) is 6. The summed E-state index contributed by atoms with van der Waals surface area (Å²) < 4.78 is 3.86. The first kappa shape index (κ1) is 32.1. The molecule has 0 aliphatic heterocycles. The number of amides is 1. The van der Waals surface area contributed by atoms with Crippen LogP contribution in [-0.4, -0.2) is 76.5 Å². The molecule has 6 rings (SSSR count). The quantitative estimate of drug-likeness (QED) is 0.129. The van der Waals surface area contributed by atoms with Gasteiger partial charge in [0.25, 0.3) is 0 Å². The van der Waals surface area contributed by atoms with Crippen LogP contribution < -0.4 is 16.0 Å². The summed E-state index contributed by atoms with van der Waals surface area (Å²) in [5, 5.41) is 31.7. The number of anilines is 2. The number of carbonyl (C=O) groups excluding carboxylic acids is 1. The van der Waals surface area contributed by atoms with Crippen LogP contribution >= 0.6 is 0 Å². The molecule has 2 aromatic carbocycles. The van der Waals surface area contributed by atoms with Crippen molar-refractivity contribution in [2.45, 2.75) is 76.3 Å². The molecule has 4 atom stereocenters. The number of fused-ring (bicyclic) bond motifs is 1. The van der Waals surface area contributed by atoms with Gasteiger partial charge in [-0.1, -0.05) is 67.6 Å². The number of imidazole rings is 2. The lowest BCUT2D eigenvalue weighted by Gasteiger charge is -2.20. The van der Waals surface area contributed by atoms with Crippen molar-refractivity contribution in [3.63, 3.8) is 0 Å². The third-order valence-electron chi connectivity index (χ3n) is 8.89. The van der Waals surface area contributed by atoms with Crippen LogP contribution in [0.3, 0.4) is 0 Å². The zero-order valence-corrected chi connectivity index (χ0v) is 27.0. The Bertz CT molecular complexity index is 1730. The topological polar surface area (TPSA) is 155 Å². The molecular weight excluding hydrogens is 594 g/mol. The number of rotatable bonds is 13. The highest BCUT2D eigenvalue weighted by Crippen LogP contribution is 2.35. The number of aromatic nitrogens is 6. The molecule has 0 spiro atoms. The molecule has 1 saturated carbocycles. The monoisotopic (exact) mass is 637 g/mol. The average molecular weight is 638 g/mol. The number of aliphatic hydroxyl groups excluding tert-OH is 2. The Morgan fingerprint density at radius 1 is 0.936 bits per heavy atom. The molecule has 246 valence electrons. The van der Waals surface area contributed by atoms with Crippen molar-refractivity contribution in [3.05, 3.63) is 96.3 Å². The van der Waals surface area contributed by atoms with E-state index in [0.717, 1.165) is 5.69 Å². The highest BCUT2D eigenvalue weighted by molar-refractivity contribution is 5.84. The lowest BCUT2D eigenvalue weighted by molar-refractivity contribution is -0.122. The van der Waals surface area contributed by atoms with Crippen LogP contribution in [0.1, 0.15) is 68.4 Å². The van der Waals surface area contributed by atoms with Crippen molar-refractivity contribution in [2.24, 2.45) is 0 Å². The van der Waals surface area contributed by atoms with E-state index in [4.69, 9.17) is 15.0 Å². The van der Waals surface area contributed by atoms with Crippen molar-refractivity contribution in [2.75, 3.05) is 23.7 Å². The number of hydrogen-bond donors (Lipinski definition) is 5. The SMILES string of the molecule is CCC(=O)NC1C[C@@H](n2cnc3c(NCC(c4ccccc4)c4ccccc4)nc(NCCc4cn(C(C)C)cn4)nc32)[C@H](O)[C@H]1O. The lowest BCUT2D eigenvalue weighted by atomic mass is 9.91. The molecule has 3 heterocycles. The van der Waals surface area contributed by atoms with E-state index in [1.54, 1.807) is 17.8 Å². The van der Waals surface area contributed by atoms with Crippen LogP contribution in [0.15, 0.2) is 79.5 Å². The van der Waals surface area contributed by atoms with Gasteiger partial charge in [-0.25, -0.2) is 9.97 Å². The van der Waals surface area contributed by atoms with Gasteiger partial charge in [-0.15, -0.1) is 0 Å². The number of carbonyl (C=O) groups is 1. The summed E-state index contributed by atoms with van der Waals surface area (Å²) in [6.07, 6.45) is 4.59. The van der Waals surface area contributed by atoms with Crippen molar-refractivity contribution in [3.8, 4) is 0 Å². The molecule has 1 unspecified atom stereocenters.